The summed E-state index contributed by atoms with van der Waals surface area (Å²) in [5.41, 5.74) is 3.10. The maximum atomic E-state index is 12.7. The smallest absolute Gasteiger partial charge is 0.258 e. The molecule has 2 aromatic carbocycles. The zero-order valence-corrected chi connectivity index (χ0v) is 19.2. The molecule has 0 spiro atoms. The van der Waals surface area contributed by atoms with Crippen molar-refractivity contribution in [3.63, 3.8) is 0 Å². The van der Waals surface area contributed by atoms with Crippen molar-refractivity contribution in [2.24, 2.45) is 0 Å². The van der Waals surface area contributed by atoms with E-state index in [1.54, 1.807) is 18.5 Å². The van der Waals surface area contributed by atoms with Crippen LogP contribution in [0.3, 0.4) is 0 Å². The second-order valence-corrected chi connectivity index (χ2v) is 8.58. The number of likely N-dealkylation sites (tertiary alicyclic amines) is 1. The van der Waals surface area contributed by atoms with Crippen molar-refractivity contribution in [1.82, 2.24) is 24.4 Å². The molecule has 2 N–H and O–H groups in total. The van der Waals surface area contributed by atoms with Crippen LogP contribution in [0.1, 0.15) is 35.2 Å². The number of carbonyl (C=O) groups is 1. The molecule has 0 atom stereocenters. The topological polar surface area (TPSA) is 88.0 Å². The third kappa shape index (κ3) is 5.23. The monoisotopic (exact) mass is 455 g/mol. The zero-order chi connectivity index (χ0) is 23.2. The largest absolute Gasteiger partial charge is 0.368 e. The fraction of sp³-hybridized carbons (Fsp3) is 0.308. The van der Waals surface area contributed by atoms with Crippen LogP contribution in [0.15, 0.2) is 67.0 Å². The number of benzene rings is 2. The van der Waals surface area contributed by atoms with Crippen molar-refractivity contribution in [2.75, 3.05) is 36.8 Å². The highest BCUT2D eigenvalue weighted by Gasteiger charge is 2.16. The average molecular weight is 456 g/mol. The number of hydrogen-bond acceptors (Lipinski definition) is 6. The third-order valence-electron chi connectivity index (χ3n) is 6.06. The zero-order valence-electron chi connectivity index (χ0n) is 19.2. The number of fused-ring (bicyclic) bond motifs is 1. The molecule has 0 aliphatic carbocycles. The van der Waals surface area contributed by atoms with E-state index in [9.17, 15) is 4.79 Å². The molecule has 1 aliphatic heterocycles. The molecule has 174 valence electrons. The fourth-order valence-electron chi connectivity index (χ4n) is 4.30. The highest BCUT2D eigenvalue weighted by molar-refractivity contribution is 6.03. The molecule has 0 saturated carbocycles. The summed E-state index contributed by atoms with van der Waals surface area (Å²) >= 11 is 0. The molecule has 2 aromatic heterocycles. The van der Waals surface area contributed by atoms with Crippen LogP contribution in [0.5, 0.6) is 0 Å². The van der Waals surface area contributed by atoms with Crippen molar-refractivity contribution in [1.29, 1.82) is 0 Å². The van der Waals surface area contributed by atoms with Crippen molar-refractivity contribution >= 4 is 28.8 Å². The lowest BCUT2D eigenvalue weighted by molar-refractivity contribution is 0.102. The van der Waals surface area contributed by atoms with Crippen LogP contribution >= 0.6 is 0 Å². The van der Waals surface area contributed by atoms with Gasteiger partial charge in [-0.1, -0.05) is 48.5 Å². The fourth-order valence-corrected chi connectivity index (χ4v) is 4.30. The standard InChI is InChI=1S/C26H29N7O/c34-25(21-12-5-2-6-13-21)31-26-29-23(27-14-9-17-32-15-7-8-16-32)22-24(30-26)33(19-28-22)18-20-10-3-1-4-11-20/h1-6,10-13,19H,7-9,14-18H2,(H2,27,29,30,31,34). The van der Waals surface area contributed by atoms with Gasteiger partial charge in [-0.25, -0.2) is 4.98 Å². The first-order valence-corrected chi connectivity index (χ1v) is 11.9. The first-order chi connectivity index (χ1) is 16.8. The van der Waals surface area contributed by atoms with E-state index in [1.165, 1.54) is 25.9 Å². The first kappa shape index (κ1) is 22.0. The van der Waals surface area contributed by atoms with Gasteiger partial charge in [0.2, 0.25) is 5.95 Å². The van der Waals surface area contributed by atoms with Gasteiger partial charge in [-0.2, -0.15) is 9.97 Å². The number of hydrogen-bond donors (Lipinski definition) is 2. The summed E-state index contributed by atoms with van der Waals surface area (Å²) < 4.78 is 1.99. The van der Waals surface area contributed by atoms with E-state index >= 15 is 0 Å². The molecule has 0 bridgehead atoms. The van der Waals surface area contributed by atoms with Crippen LogP contribution in [0.4, 0.5) is 11.8 Å². The Morgan fingerprint density at radius 1 is 0.941 bits per heavy atom. The van der Waals surface area contributed by atoms with Crippen LogP contribution < -0.4 is 10.6 Å². The van der Waals surface area contributed by atoms with Crippen molar-refractivity contribution in [3.05, 3.63) is 78.1 Å². The van der Waals surface area contributed by atoms with Gasteiger partial charge in [0.05, 0.1) is 12.9 Å². The van der Waals surface area contributed by atoms with E-state index in [2.05, 4.69) is 42.6 Å². The van der Waals surface area contributed by atoms with E-state index in [1.807, 2.05) is 41.0 Å². The van der Waals surface area contributed by atoms with Gasteiger partial charge in [0.25, 0.3) is 5.91 Å². The van der Waals surface area contributed by atoms with Gasteiger partial charge in [0, 0.05) is 12.1 Å². The summed E-state index contributed by atoms with van der Waals surface area (Å²) in [6.07, 6.45) is 5.39. The normalized spacial score (nSPS) is 13.9. The summed E-state index contributed by atoms with van der Waals surface area (Å²) in [7, 11) is 0. The number of aromatic nitrogens is 4. The molecule has 0 radical (unpaired) electrons. The van der Waals surface area contributed by atoms with Crippen LogP contribution in [-0.2, 0) is 6.54 Å². The van der Waals surface area contributed by atoms with Crippen LogP contribution in [0, 0.1) is 0 Å². The quantitative estimate of drug-likeness (QED) is 0.371. The van der Waals surface area contributed by atoms with Crippen molar-refractivity contribution < 1.29 is 4.79 Å². The van der Waals surface area contributed by atoms with E-state index in [0.29, 0.717) is 29.1 Å². The molecular weight excluding hydrogens is 426 g/mol. The van der Waals surface area contributed by atoms with E-state index in [0.717, 1.165) is 25.1 Å². The number of amides is 1. The third-order valence-corrected chi connectivity index (χ3v) is 6.06. The van der Waals surface area contributed by atoms with Gasteiger partial charge >= 0.3 is 0 Å². The van der Waals surface area contributed by atoms with E-state index in [4.69, 9.17) is 0 Å². The highest BCUT2D eigenvalue weighted by atomic mass is 16.1. The molecule has 5 rings (SSSR count). The summed E-state index contributed by atoms with van der Waals surface area (Å²) in [6, 6.07) is 19.3. The minimum Gasteiger partial charge on any atom is -0.368 e. The minimum atomic E-state index is -0.242. The molecule has 1 aliphatic rings. The summed E-state index contributed by atoms with van der Waals surface area (Å²) in [5.74, 6) is 0.661. The lowest BCUT2D eigenvalue weighted by atomic mass is 10.2. The van der Waals surface area contributed by atoms with Gasteiger partial charge in [0.1, 0.15) is 0 Å². The lowest BCUT2D eigenvalue weighted by Crippen LogP contribution is -2.22. The number of nitrogens with zero attached hydrogens (tertiary/aromatic N) is 5. The van der Waals surface area contributed by atoms with Gasteiger partial charge < -0.3 is 14.8 Å². The summed E-state index contributed by atoms with van der Waals surface area (Å²) in [5, 5.41) is 6.29. The van der Waals surface area contributed by atoms with Gasteiger partial charge in [-0.3, -0.25) is 10.1 Å². The Morgan fingerprint density at radius 2 is 1.68 bits per heavy atom. The molecule has 8 heteroatoms. The van der Waals surface area contributed by atoms with Gasteiger partial charge in [0.15, 0.2) is 17.0 Å². The Kier molecular flexibility index (Phi) is 6.76. The second-order valence-electron chi connectivity index (χ2n) is 8.58. The van der Waals surface area contributed by atoms with Gasteiger partial charge in [-0.05, 0) is 56.6 Å². The second kappa shape index (κ2) is 10.4. The Morgan fingerprint density at radius 3 is 2.44 bits per heavy atom. The average Bonchev–Trinajstić information content (AvgIpc) is 3.53. The number of imidazole rings is 1. The number of anilines is 2. The Labute approximate surface area is 199 Å². The van der Waals surface area contributed by atoms with E-state index < -0.39 is 0 Å². The maximum Gasteiger partial charge on any atom is 0.258 e. The molecule has 3 heterocycles. The van der Waals surface area contributed by atoms with Crippen molar-refractivity contribution in [3.8, 4) is 0 Å². The predicted octanol–water partition coefficient (Wildman–Crippen LogP) is 4.02. The van der Waals surface area contributed by atoms with Gasteiger partial charge in [-0.15, -0.1) is 0 Å². The molecule has 0 unspecified atom stereocenters. The Balaban J connectivity index is 1.39. The Hall–Kier alpha value is -3.78. The van der Waals surface area contributed by atoms with Crippen LogP contribution in [0.25, 0.3) is 11.2 Å². The Bertz CT molecular complexity index is 1230. The van der Waals surface area contributed by atoms with Crippen LogP contribution in [-0.4, -0.2) is 56.5 Å². The molecule has 1 saturated heterocycles. The molecule has 8 nitrogen and oxygen atoms in total. The lowest BCUT2D eigenvalue weighted by Gasteiger charge is -2.15. The van der Waals surface area contributed by atoms with E-state index in [-0.39, 0.29) is 11.9 Å². The number of carbonyl (C=O) groups excluding carboxylic acids is 1. The number of nitrogens with one attached hydrogen (secondary N) is 2. The minimum absolute atomic E-state index is 0.242. The summed E-state index contributed by atoms with van der Waals surface area (Å²) in [6.45, 7) is 4.87. The molecular formula is C26H29N7O. The molecule has 1 fully saturated rings. The number of rotatable bonds is 9. The first-order valence-electron chi connectivity index (χ1n) is 11.9. The maximum absolute atomic E-state index is 12.7. The summed E-state index contributed by atoms with van der Waals surface area (Å²) in [4.78, 5) is 29.1. The SMILES string of the molecule is O=C(Nc1nc(NCCCN2CCCC2)c2ncn(Cc3ccccc3)c2n1)c1ccccc1. The highest BCUT2D eigenvalue weighted by Crippen LogP contribution is 2.22. The van der Waals surface area contributed by atoms with Crippen molar-refractivity contribution in [2.45, 2.75) is 25.8 Å². The molecule has 34 heavy (non-hydrogen) atoms. The predicted molar refractivity (Wildman–Crippen MR) is 134 cm³/mol. The van der Waals surface area contributed by atoms with Crippen LogP contribution in [0.2, 0.25) is 0 Å². The molecule has 1 amide bonds. The molecule has 4 aromatic rings.